The second-order valence-electron chi connectivity index (χ2n) is 7.25. The number of aryl methyl sites for hydroxylation is 1. The average molecular weight is 377 g/mol. The maximum Gasteiger partial charge on any atom is 0.133 e. The van der Waals surface area contributed by atoms with Gasteiger partial charge in [-0.1, -0.05) is 13.8 Å². The predicted octanol–water partition coefficient (Wildman–Crippen LogP) is 3.69. The van der Waals surface area contributed by atoms with Gasteiger partial charge in [0.2, 0.25) is 0 Å². The van der Waals surface area contributed by atoms with Crippen LogP contribution in [0.3, 0.4) is 0 Å². The Kier molecular flexibility index (Phi) is 5.15. The number of fused-ring (bicyclic) bond motifs is 4. The molecule has 6 heteroatoms. The van der Waals surface area contributed by atoms with Gasteiger partial charge in [-0.3, -0.25) is 4.98 Å². The molecule has 0 saturated carbocycles. The molecule has 3 N–H and O–H groups in total. The van der Waals surface area contributed by atoms with Crippen LogP contribution in [0, 0.1) is 6.92 Å². The summed E-state index contributed by atoms with van der Waals surface area (Å²) in [5, 5.41) is 18.2. The number of aromatic amines is 1. The predicted molar refractivity (Wildman–Crippen MR) is 116 cm³/mol. The first-order valence-corrected chi connectivity index (χ1v) is 9.90. The van der Waals surface area contributed by atoms with Crippen molar-refractivity contribution in [3.63, 3.8) is 0 Å². The molecule has 0 bridgehead atoms. The van der Waals surface area contributed by atoms with Crippen LogP contribution < -0.4 is 5.32 Å². The van der Waals surface area contributed by atoms with Gasteiger partial charge in [0.25, 0.3) is 0 Å². The van der Waals surface area contributed by atoms with E-state index in [0.29, 0.717) is 13.1 Å². The van der Waals surface area contributed by atoms with Crippen LogP contribution in [0.2, 0.25) is 0 Å². The Hall–Kier alpha value is -2.70. The van der Waals surface area contributed by atoms with Crippen molar-refractivity contribution >= 4 is 38.4 Å². The molecule has 1 unspecified atom stereocenters. The molecular formula is C22H27N5O. The first-order valence-electron chi connectivity index (χ1n) is 9.90. The van der Waals surface area contributed by atoms with Crippen LogP contribution in [-0.2, 0) is 0 Å². The lowest BCUT2D eigenvalue weighted by molar-refractivity contribution is 0.128. The molecule has 0 saturated heterocycles. The summed E-state index contributed by atoms with van der Waals surface area (Å²) in [5.41, 5.74) is 3.41. The van der Waals surface area contributed by atoms with Crippen LogP contribution in [0.4, 0.5) is 5.82 Å². The van der Waals surface area contributed by atoms with Crippen molar-refractivity contribution in [1.29, 1.82) is 0 Å². The van der Waals surface area contributed by atoms with Crippen molar-refractivity contribution in [3.05, 3.63) is 42.4 Å². The van der Waals surface area contributed by atoms with Gasteiger partial charge in [0, 0.05) is 53.4 Å². The quantitative estimate of drug-likeness (QED) is 0.458. The number of benzene rings is 1. The Labute approximate surface area is 164 Å². The number of hydrogen-bond donors (Lipinski definition) is 3. The minimum Gasteiger partial charge on any atom is -0.390 e. The lowest BCUT2D eigenvalue weighted by Crippen LogP contribution is -2.36. The van der Waals surface area contributed by atoms with E-state index >= 15 is 0 Å². The van der Waals surface area contributed by atoms with Crippen LogP contribution in [0.15, 0.2) is 36.8 Å². The van der Waals surface area contributed by atoms with E-state index in [0.717, 1.165) is 51.5 Å². The van der Waals surface area contributed by atoms with E-state index in [2.05, 4.69) is 52.0 Å². The largest absolute Gasteiger partial charge is 0.390 e. The number of anilines is 1. The highest BCUT2D eigenvalue weighted by Gasteiger charge is 2.14. The molecule has 146 valence electrons. The summed E-state index contributed by atoms with van der Waals surface area (Å²) < 4.78 is 0. The Morgan fingerprint density at radius 3 is 2.71 bits per heavy atom. The van der Waals surface area contributed by atoms with Crippen molar-refractivity contribution in [2.75, 3.05) is 31.5 Å². The second-order valence-corrected chi connectivity index (χ2v) is 7.25. The highest BCUT2D eigenvalue weighted by Crippen LogP contribution is 2.34. The first kappa shape index (κ1) is 18.7. The third-order valence-electron chi connectivity index (χ3n) is 5.57. The number of pyridine rings is 2. The fourth-order valence-corrected chi connectivity index (χ4v) is 3.93. The molecular weight excluding hydrogens is 350 g/mol. The standard InChI is InChI=1S/C22H27N5O/c1-4-27(5-2)13-15(28)11-25-22-18-10-17-19-12-23-8-7-20(19)26-21(17)14(3)16(18)6-9-24-22/h6-10,12,15,26,28H,4-5,11,13H2,1-3H3,(H,24,25). The number of H-pyrrole nitrogens is 1. The third-order valence-corrected chi connectivity index (χ3v) is 5.57. The van der Waals surface area contributed by atoms with Crippen LogP contribution >= 0.6 is 0 Å². The molecule has 4 rings (SSSR count). The summed E-state index contributed by atoms with van der Waals surface area (Å²) in [6.45, 7) is 9.35. The molecule has 3 heterocycles. The molecule has 0 spiro atoms. The monoisotopic (exact) mass is 377 g/mol. The normalized spacial score (nSPS) is 13.0. The van der Waals surface area contributed by atoms with Crippen molar-refractivity contribution in [3.8, 4) is 0 Å². The number of aromatic nitrogens is 3. The Bertz CT molecular complexity index is 1120. The number of rotatable bonds is 7. The highest BCUT2D eigenvalue weighted by molar-refractivity contribution is 6.15. The van der Waals surface area contributed by atoms with Crippen LogP contribution in [0.5, 0.6) is 0 Å². The molecule has 1 atom stereocenters. The van der Waals surface area contributed by atoms with Gasteiger partial charge in [-0.25, -0.2) is 4.98 Å². The number of aliphatic hydroxyl groups is 1. The van der Waals surface area contributed by atoms with Crippen molar-refractivity contribution in [1.82, 2.24) is 19.9 Å². The van der Waals surface area contributed by atoms with E-state index in [-0.39, 0.29) is 0 Å². The molecule has 3 aromatic heterocycles. The van der Waals surface area contributed by atoms with Gasteiger partial charge >= 0.3 is 0 Å². The number of likely N-dealkylation sites (N-methyl/N-ethyl adjacent to an activating group) is 1. The minimum atomic E-state index is -0.445. The number of hydrogen-bond acceptors (Lipinski definition) is 5. The van der Waals surface area contributed by atoms with Crippen molar-refractivity contribution in [2.24, 2.45) is 0 Å². The Morgan fingerprint density at radius 2 is 1.93 bits per heavy atom. The van der Waals surface area contributed by atoms with E-state index in [1.54, 1.807) is 6.20 Å². The molecule has 1 aromatic carbocycles. The fraction of sp³-hybridized carbons (Fsp3) is 0.364. The Balaban J connectivity index is 1.71. The van der Waals surface area contributed by atoms with Crippen LogP contribution in [0.25, 0.3) is 32.6 Å². The number of aliphatic hydroxyl groups excluding tert-OH is 1. The lowest BCUT2D eigenvalue weighted by Gasteiger charge is -2.22. The topological polar surface area (TPSA) is 77.1 Å². The molecule has 0 fully saturated rings. The minimum absolute atomic E-state index is 0.445. The zero-order valence-corrected chi connectivity index (χ0v) is 16.7. The molecule has 0 amide bonds. The van der Waals surface area contributed by atoms with E-state index in [1.807, 2.05) is 24.5 Å². The smallest absolute Gasteiger partial charge is 0.133 e. The van der Waals surface area contributed by atoms with E-state index in [4.69, 9.17) is 0 Å². The molecule has 0 aliphatic rings. The number of nitrogens with one attached hydrogen (secondary N) is 2. The zero-order chi connectivity index (χ0) is 19.7. The average Bonchev–Trinajstić information content (AvgIpc) is 3.10. The summed E-state index contributed by atoms with van der Waals surface area (Å²) in [6, 6.07) is 6.22. The second kappa shape index (κ2) is 7.73. The molecule has 0 radical (unpaired) electrons. The molecule has 4 aromatic rings. The maximum absolute atomic E-state index is 10.4. The third kappa shape index (κ3) is 3.30. The van der Waals surface area contributed by atoms with Gasteiger partial charge in [-0.2, -0.15) is 0 Å². The van der Waals surface area contributed by atoms with Gasteiger partial charge in [0.15, 0.2) is 0 Å². The SMILES string of the molecule is CCN(CC)CC(O)CNc1nccc2c(C)c3[nH]c4ccncc4c3cc12. The molecule has 0 aliphatic carbocycles. The summed E-state index contributed by atoms with van der Waals surface area (Å²) in [5.74, 6) is 0.805. The van der Waals surface area contributed by atoms with Crippen molar-refractivity contribution in [2.45, 2.75) is 26.9 Å². The van der Waals surface area contributed by atoms with Crippen LogP contribution in [-0.4, -0.2) is 57.2 Å². The fourth-order valence-electron chi connectivity index (χ4n) is 3.93. The molecule has 0 aliphatic heterocycles. The van der Waals surface area contributed by atoms with E-state index < -0.39 is 6.10 Å². The van der Waals surface area contributed by atoms with Gasteiger partial charge in [0.05, 0.1) is 11.6 Å². The lowest BCUT2D eigenvalue weighted by atomic mass is 10.0. The van der Waals surface area contributed by atoms with E-state index in [1.165, 1.54) is 5.56 Å². The summed E-state index contributed by atoms with van der Waals surface area (Å²) in [6.07, 6.45) is 5.08. The molecule has 6 nitrogen and oxygen atoms in total. The molecule has 28 heavy (non-hydrogen) atoms. The summed E-state index contributed by atoms with van der Waals surface area (Å²) in [7, 11) is 0. The highest BCUT2D eigenvalue weighted by atomic mass is 16.3. The first-order chi connectivity index (χ1) is 13.6. The van der Waals surface area contributed by atoms with Gasteiger partial charge < -0.3 is 20.3 Å². The van der Waals surface area contributed by atoms with Gasteiger partial charge in [0.1, 0.15) is 5.82 Å². The summed E-state index contributed by atoms with van der Waals surface area (Å²) in [4.78, 5) is 14.6. The Morgan fingerprint density at radius 1 is 1.11 bits per heavy atom. The number of nitrogens with zero attached hydrogens (tertiary/aromatic N) is 3. The zero-order valence-electron chi connectivity index (χ0n) is 16.7. The van der Waals surface area contributed by atoms with Crippen LogP contribution in [0.1, 0.15) is 19.4 Å². The summed E-state index contributed by atoms with van der Waals surface area (Å²) >= 11 is 0. The van der Waals surface area contributed by atoms with Gasteiger partial charge in [-0.05, 0) is 49.2 Å². The van der Waals surface area contributed by atoms with Crippen molar-refractivity contribution < 1.29 is 5.11 Å². The van der Waals surface area contributed by atoms with Gasteiger partial charge in [-0.15, -0.1) is 0 Å². The maximum atomic E-state index is 10.4. The van der Waals surface area contributed by atoms with E-state index in [9.17, 15) is 5.11 Å².